The van der Waals surface area contributed by atoms with E-state index < -0.39 is 0 Å². The summed E-state index contributed by atoms with van der Waals surface area (Å²) in [6.45, 7) is 2.21. The van der Waals surface area contributed by atoms with Gasteiger partial charge < -0.3 is 15.2 Å². The Morgan fingerprint density at radius 1 is 1.44 bits per heavy atom. The number of hydrogen-bond donors (Lipinski definition) is 1. The quantitative estimate of drug-likeness (QED) is 0.921. The van der Waals surface area contributed by atoms with Crippen LogP contribution in [-0.2, 0) is 0 Å². The Morgan fingerprint density at radius 2 is 2.28 bits per heavy atom. The summed E-state index contributed by atoms with van der Waals surface area (Å²) in [5.74, 6) is 1.46. The average Bonchev–Trinajstić information content (AvgIpc) is 2.96. The SMILES string of the molecule is Cc1csc(C(N)c2cc(Br)c3c(c2)OCO3)n1. The minimum atomic E-state index is -0.241. The van der Waals surface area contributed by atoms with Gasteiger partial charge >= 0.3 is 0 Å². The highest BCUT2D eigenvalue weighted by molar-refractivity contribution is 9.10. The summed E-state index contributed by atoms with van der Waals surface area (Å²) in [6.07, 6.45) is 0. The number of rotatable bonds is 2. The van der Waals surface area contributed by atoms with E-state index in [2.05, 4.69) is 20.9 Å². The second kappa shape index (κ2) is 4.53. The van der Waals surface area contributed by atoms with Gasteiger partial charge in [0.1, 0.15) is 5.01 Å². The van der Waals surface area contributed by atoms with Crippen LogP contribution in [0.5, 0.6) is 11.5 Å². The van der Waals surface area contributed by atoms with Crippen molar-refractivity contribution in [2.45, 2.75) is 13.0 Å². The highest BCUT2D eigenvalue weighted by Crippen LogP contribution is 2.41. The number of thiazole rings is 1. The summed E-state index contributed by atoms with van der Waals surface area (Å²) in [4.78, 5) is 4.42. The number of aryl methyl sites for hydroxylation is 1. The zero-order chi connectivity index (χ0) is 12.7. The standard InChI is InChI=1S/C12H11BrN2O2S/c1-6-4-18-12(15-6)10(14)7-2-8(13)11-9(3-7)16-5-17-11/h2-4,10H,5,14H2,1H3. The molecule has 3 rings (SSSR count). The Morgan fingerprint density at radius 3 is 3.00 bits per heavy atom. The fourth-order valence-electron chi connectivity index (χ4n) is 1.82. The first-order valence-electron chi connectivity index (χ1n) is 5.42. The number of nitrogens with two attached hydrogens (primary N) is 1. The number of hydrogen-bond acceptors (Lipinski definition) is 5. The Kier molecular flexibility index (Phi) is 3.01. The van der Waals surface area contributed by atoms with Crippen LogP contribution in [0.4, 0.5) is 0 Å². The summed E-state index contributed by atoms with van der Waals surface area (Å²) >= 11 is 5.03. The van der Waals surface area contributed by atoms with Crippen LogP contribution in [0.2, 0.25) is 0 Å². The summed E-state index contributed by atoms with van der Waals surface area (Å²) < 4.78 is 11.6. The lowest BCUT2D eigenvalue weighted by Crippen LogP contribution is -2.11. The van der Waals surface area contributed by atoms with Gasteiger partial charge in [0.15, 0.2) is 11.5 Å². The van der Waals surface area contributed by atoms with Gasteiger partial charge in [0.2, 0.25) is 6.79 Å². The Bertz CT molecular complexity index is 600. The van der Waals surface area contributed by atoms with Gasteiger partial charge in [-0.15, -0.1) is 11.3 Å². The monoisotopic (exact) mass is 326 g/mol. The first-order valence-corrected chi connectivity index (χ1v) is 7.09. The summed E-state index contributed by atoms with van der Waals surface area (Å²) in [5.41, 5.74) is 8.17. The molecule has 0 fully saturated rings. The molecular formula is C12H11BrN2O2S. The Labute approximate surface area is 117 Å². The van der Waals surface area contributed by atoms with E-state index in [9.17, 15) is 0 Å². The molecule has 1 atom stereocenters. The van der Waals surface area contributed by atoms with E-state index in [0.29, 0.717) is 0 Å². The minimum Gasteiger partial charge on any atom is -0.454 e. The van der Waals surface area contributed by atoms with Crippen molar-refractivity contribution in [3.8, 4) is 11.5 Å². The van der Waals surface area contributed by atoms with Gasteiger partial charge in [0, 0.05) is 11.1 Å². The third-order valence-corrected chi connectivity index (χ3v) is 4.35. The fraction of sp³-hybridized carbons (Fsp3) is 0.250. The van der Waals surface area contributed by atoms with Crippen molar-refractivity contribution >= 4 is 27.3 Å². The minimum absolute atomic E-state index is 0.241. The molecule has 6 heteroatoms. The maximum absolute atomic E-state index is 6.22. The van der Waals surface area contributed by atoms with E-state index in [1.54, 1.807) is 11.3 Å². The molecule has 0 saturated heterocycles. The normalized spacial score (nSPS) is 14.8. The topological polar surface area (TPSA) is 57.4 Å². The number of ether oxygens (including phenoxy) is 2. The van der Waals surface area contributed by atoms with Gasteiger partial charge in [-0.1, -0.05) is 0 Å². The van der Waals surface area contributed by atoms with Crippen LogP contribution in [0.1, 0.15) is 22.3 Å². The van der Waals surface area contributed by atoms with Crippen molar-refractivity contribution in [2.75, 3.05) is 6.79 Å². The maximum Gasteiger partial charge on any atom is 0.231 e. The lowest BCUT2D eigenvalue weighted by molar-refractivity contribution is 0.173. The second-order valence-corrected chi connectivity index (χ2v) is 5.79. The lowest BCUT2D eigenvalue weighted by atomic mass is 10.1. The first-order chi connectivity index (χ1) is 8.65. The molecule has 1 unspecified atom stereocenters. The predicted octanol–water partition coefficient (Wildman–Crippen LogP) is 2.99. The number of benzene rings is 1. The van der Waals surface area contributed by atoms with Gasteiger partial charge in [-0.3, -0.25) is 0 Å². The van der Waals surface area contributed by atoms with Crippen molar-refractivity contribution in [1.29, 1.82) is 0 Å². The number of nitrogens with zero attached hydrogens (tertiary/aromatic N) is 1. The molecule has 0 radical (unpaired) electrons. The zero-order valence-corrected chi connectivity index (χ0v) is 12.0. The van der Waals surface area contributed by atoms with Gasteiger partial charge in [0.05, 0.1) is 10.5 Å². The third kappa shape index (κ3) is 2.00. The van der Waals surface area contributed by atoms with Gasteiger partial charge in [-0.2, -0.15) is 0 Å². The molecule has 0 aliphatic carbocycles. The second-order valence-electron chi connectivity index (χ2n) is 4.04. The van der Waals surface area contributed by atoms with E-state index in [1.165, 1.54) is 0 Å². The molecule has 2 N–H and O–H groups in total. The van der Waals surface area contributed by atoms with E-state index in [0.717, 1.165) is 32.2 Å². The van der Waals surface area contributed by atoms with E-state index in [1.807, 2.05) is 24.4 Å². The molecule has 4 nitrogen and oxygen atoms in total. The summed E-state index contributed by atoms with van der Waals surface area (Å²) in [6, 6.07) is 3.62. The first kappa shape index (κ1) is 12.0. The number of fused-ring (bicyclic) bond motifs is 1. The molecule has 0 bridgehead atoms. The molecule has 18 heavy (non-hydrogen) atoms. The molecule has 94 valence electrons. The molecular weight excluding hydrogens is 316 g/mol. The zero-order valence-electron chi connectivity index (χ0n) is 9.64. The molecule has 0 saturated carbocycles. The van der Waals surface area contributed by atoms with Crippen LogP contribution in [0.3, 0.4) is 0 Å². The predicted molar refractivity (Wildman–Crippen MR) is 73.1 cm³/mol. The average molecular weight is 327 g/mol. The van der Waals surface area contributed by atoms with Gasteiger partial charge in [0.25, 0.3) is 0 Å². The molecule has 2 aromatic rings. The summed E-state index contributed by atoms with van der Waals surface area (Å²) in [5, 5.41) is 2.90. The van der Waals surface area contributed by atoms with Crippen molar-refractivity contribution in [1.82, 2.24) is 4.98 Å². The molecule has 1 aliphatic heterocycles. The van der Waals surface area contributed by atoms with Crippen LogP contribution in [-0.4, -0.2) is 11.8 Å². The van der Waals surface area contributed by atoms with Crippen LogP contribution in [0.15, 0.2) is 22.0 Å². The van der Waals surface area contributed by atoms with E-state index in [-0.39, 0.29) is 12.8 Å². The maximum atomic E-state index is 6.22. The van der Waals surface area contributed by atoms with Crippen molar-refractivity contribution < 1.29 is 9.47 Å². The smallest absolute Gasteiger partial charge is 0.231 e. The van der Waals surface area contributed by atoms with E-state index >= 15 is 0 Å². The van der Waals surface area contributed by atoms with Crippen molar-refractivity contribution in [3.63, 3.8) is 0 Å². The Balaban J connectivity index is 2.00. The summed E-state index contributed by atoms with van der Waals surface area (Å²) in [7, 11) is 0. The van der Waals surface area contributed by atoms with Crippen LogP contribution in [0, 0.1) is 6.92 Å². The third-order valence-electron chi connectivity index (χ3n) is 2.71. The molecule has 2 heterocycles. The molecule has 1 aromatic carbocycles. The van der Waals surface area contributed by atoms with Crippen molar-refractivity contribution in [2.24, 2.45) is 5.73 Å². The highest BCUT2D eigenvalue weighted by Gasteiger charge is 2.21. The molecule has 1 aliphatic rings. The van der Waals surface area contributed by atoms with Crippen LogP contribution >= 0.6 is 27.3 Å². The van der Waals surface area contributed by atoms with Crippen LogP contribution < -0.4 is 15.2 Å². The Hall–Kier alpha value is -1.11. The molecule has 1 aromatic heterocycles. The fourth-order valence-corrected chi connectivity index (χ4v) is 3.22. The molecule has 0 spiro atoms. The number of aromatic nitrogens is 1. The van der Waals surface area contributed by atoms with Gasteiger partial charge in [-0.25, -0.2) is 4.98 Å². The van der Waals surface area contributed by atoms with E-state index in [4.69, 9.17) is 15.2 Å². The molecule has 0 amide bonds. The van der Waals surface area contributed by atoms with Gasteiger partial charge in [-0.05, 0) is 40.5 Å². The van der Waals surface area contributed by atoms with Crippen molar-refractivity contribution in [3.05, 3.63) is 38.3 Å². The lowest BCUT2D eigenvalue weighted by Gasteiger charge is -2.10. The number of halogens is 1. The largest absolute Gasteiger partial charge is 0.454 e. The van der Waals surface area contributed by atoms with Crippen LogP contribution in [0.25, 0.3) is 0 Å². The highest BCUT2D eigenvalue weighted by atomic mass is 79.9.